The summed E-state index contributed by atoms with van der Waals surface area (Å²) in [6, 6.07) is 0.777. The van der Waals surface area contributed by atoms with Gasteiger partial charge < -0.3 is 222 Å². The minimum atomic E-state index is -5.06. The summed E-state index contributed by atoms with van der Waals surface area (Å²) in [6.45, 7) is -21.6. The van der Waals surface area contributed by atoms with Crippen LogP contribution < -0.4 is 483 Å². The number of ether oxygens (including phenoxy) is 9. The quantitative estimate of drug-likeness (QED) is 0.0185. The summed E-state index contributed by atoms with van der Waals surface area (Å²) in [7, 11) is 8.90. The number of rotatable bonds is 22. The third-order valence-electron chi connectivity index (χ3n) is 6.15. The number of methoxy groups -OCH3 is 9. The molecule has 0 aliphatic rings. The predicted molar refractivity (Wildman–Crippen MR) is 389 cm³/mol. The van der Waals surface area contributed by atoms with Gasteiger partial charge in [0.15, 0.2) is 12.6 Å². The van der Waals surface area contributed by atoms with Crippen LogP contribution in [0.2, 0.25) is 0 Å². The van der Waals surface area contributed by atoms with Crippen molar-refractivity contribution in [1.82, 2.24) is 0 Å². The minimum Gasteiger partial charge on any atom is -0.870 e. The van der Waals surface area contributed by atoms with E-state index < -0.39 is 107 Å². The minimum absolute atomic E-state index is 0. The molecule has 0 saturated heterocycles. The molecule has 0 aromatic heterocycles. The molecule has 0 radical (unpaired) electrons. The molecule has 0 aromatic carbocycles. The first-order chi connectivity index (χ1) is 43.2. The molecule has 82 heteroatoms. The summed E-state index contributed by atoms with van der Waals surface area (Å²) in [6.07, 6.45) is 3.15. The number of thiocarbonyl (C=S) groups is 5. The summed E-state index contributed by atoms with van der Waals surface area (Å²) in [5.74, 6) is 0. The van der Waals surface area contributed by atoms with E-state index in [2.05, 4.69) is 171 Å². The molecule has 0 rings (SSSR count). The fraction of sp³-hybridized carbons (Fsp3) is 0.625. The summed E-state index contributed by atoms with van der Waals surface area (Å²) in [5, 5.41) is 9.23. The van der Waals surface area contributed by atoms with Crippen LogP contribution in [0.5, 0.6) is 0 Å². The Bertz CT molecular complexity index is 2580. The van der Waals surface area contributed by atoms with Gasteiger partial charge in [-0.05, 0) is 116 Å². The Balaban J connectivity index is -0.0000000239. The van der Waals surface area contributed by atoms with E-state index >= 15 is 0 Å². The largest absolute Gasteiger partial charge is 1.00 e. The van der Waals surface area contributed by atoms with Crippen LogP contribution in [0, 0.1) is 0 Å². The van der Waals surface area contributed by atoms with Crippen LogP contribution >= 0.6 is 177 Å². The molecule has 0 spiro atoms. The predicted octanol–water partition coefficient (Wildman–Crippen LogP) is -39.8. The van der Waals surface area contributed by atoms with E-state index in [4.69, 9.17) is 65.7 Å². The van der Waals surface area contributed by atoms with Crippen molar-refractivity contribution in [3.63, 3.8) is 0 Å². The van der Waals surface area contributed by atoms with E-state index in [1.165, 1.54) is 119 Å². The topological polar surface area (TPSA) is 670 Å². The van der Waals surface area contributed by atoms with Crippen LogP contribution in [0.25, 0.3) is 0 Å². The fourth-order valence-corrected chi connectivity index (χ4v) is 9.03. The Morgan fingerprint density at radius 2 is 0.658 bits per heavy atom. The maximum absolute atomic E-state index is 11.2. The van der Waals surface area contributed by atoms with E-state index in [1.54, 1.807) is 0 Å². The Labute approximate surface area is 1070 Å². The number of carbonyl (C=O) groups excluding carboxylic acids is 7. The van der Waals surface area contributed by atoms with Crippen LogP contribution in [0.4, 0.5) is 28.8 Å². The van der Waals surface area contributed by atoms with Crippen molar-refractivity contribution >= 4 is 313 Å². The molecule has 6 unspecified atom stereocenters. The van der Waals surface area contributed by atoms with E-state index in [9.17, 15) is 105 Å². The second-order valence-corrected chi connectivity index (χ2v) is 45.3. The van der Waals surface area contributed by atoms with Crippen LogP contribution in [0.1, 0.15) is 0 Å². The molecule has 0 saturated carbocycles. The molecular formula is C32H63Cl2Na15O42P10S13. The van der Waals surface area contributed by atoms with Gasteiger partial charge in [-0.25, -0.2) is 14.4 Å². The Kier molecular flexibility index (Phi) is 250. The number of hydrogen-bond donors (Lipinski definition) is 0. The maximum Gasteiger partial charge on any atom is 1.00 e. The molecule has 600 valence electrons. The van der Waals surface area contributed by atoms with Gasteiger partial charge in [0.05, 0.1) is 68.9 Å². The standard InChI is InChI=1S/2C4H9O4PS.C4H9O3PS2.C4H9O3P.2C3H7O4PS.C3H7O3PS2.C2H3ClO2.C2H3ClOS.2CH3O4PS.CH3O3PS2.15Na.3H2O/c1-6-4(10)9(5,7-2)8-3;1-6-4(5)9(10,7-2)8-3;1-5-4(9)8(10,6-2)7-3;1-6-4-8(3-5)7-2;1-6-3(9)8(4,5)7-2;1-7-3(4)8(5,6)9-2;1-6-3(8)7(4,5)9-2;1-5-2(3)4;1-4-2(3)5;2-1(7)6(3,4)5;2-1(3)6(4,5)7;2-1(6)5(3,4)7;;;;;;;;;;;;;;;;;;/h3*1-3H3;3H,4H2,1-2H3;1-2H3,(H,4,5);1-2H3,(H,5,6);1-2H3,(H,4,5);2*1H3;(H,2,7)(H2,3,4,5);(H,2,3)(H2,4,5,7);(H,2,6)(H2,3,4,7);;;;;;;;;;;;;;;;3*1H2/q;;;;;;;;;;;;15*+1;;;/p-15. The van der Waals surface area contributed by atoms with Gasteiger partial charge in [-0.1, -0.05) is 13.1 Å². The van der Waals surface area contributed by atoms with Gasteiger partial charge in [-0.2, -0.15) is 0 Å². The molecule has 0 aromatic rings. The molecule has 0 amide bonds. The Hall–Kier alpha value is 16.3. The average Bonchev–Trinajstić information content (AvgIpc) is 0.894. The first-order valence-electron chi connectivity index (χ1n) is 20.8. The molecule has 0 aliphatic heterocycles. The van der Waals surface area contributed by atoms with Crippen molar-refractivity contribution in [1.29, 1.82) is 0 Å². The molecule has 3 N–H and O–H groups in total. The number of carboxylic acid groups (broad SMARTS) is 1. The summed E-state index contributed by atoms with van der Waals surface area (Å²) in [4.78, 5) is 134. The zero-order valence-corrected chi connectivity index (χ0v) is 120. The van der Waals surface area contributed by atoms with Crippen molar-refractivity contribution in [2.75, 3.05) is 140 Å². The van der Waals surface area contributed by atoms with Crippen LogP contribution in [0.15, 0.2) is 0 Å². The maximum atomic E-state index is 11.2. The fourth-order valence-electron chi connectivity index (χ4n) is 1.82. The van der Waals surface area contributed by atoms with Gasteiger partial charge in [-0.3, -0.25) is 13.9 Å². The summed E-state index contributed by atoms with van der Waals surface area (Å²) < 4.78 is 147. The summed E-state index contributed by atoms with van der Waals surface area (Å²) >= 11 is 56.9. The zero-order valence-electron chi connectivity index (χ0n) is 68.6. The molecule has 0 heterocycles. The van der Waals surface area contributed by atoms with Crippen LogP contribution in [-0.4, -0.2) is 218 Å². The average molecular weight is 2260 g/mol. The first kappa shape index (κ1) is 217. The zero-order chi connectivity index (χ0) is 80.3. The molecule has 0 aliphatic carbocycles. The van der Waals surface area contributed by atoms with E-state index in [1.807, 2.05) is 0 Å². The third-order valence-corrected chi connectivity index (χ3v) is 30.7. The first-order valence-corrected chi connectivity index (χ1v) is 48.1. The van der Waals surface area contributed by atoms with E-state index in [0.717, 1.165) is 20.2 Å². The second-order valence-electron chi connectivity index (χ2n) is 11.7. The second kappa shape index (κ2) is 131. The third kappa shape index (κ3) is 144. The van der Waals surface area contributed by atoms with Crippen molar-refractivity contribution < 1.29 is 643 Å². The Morgan fingerprint density at radius 3 is 0.719 bits per heavy atom. The van der Waals surface area contributed by atoms with Gasteiger partial charge in [-0.15, -0.1) is 22.8 Å². The molecule has 114 heavy (non-hydrogen) atoms. The van der Waals surface area contributed by atoms with E-state index in [-0.39, 0.29) is 479 Å². The van der Waals surface area contributed by atoms with Gasteiger partial charge in [0, 0.05) is 85.3 Å². The normalized spacial score (nSPS) is 11.2. The Morgan fingerprint density at radius 1 is 0.412 bits per heavy atom. The van der Waals surface area contributed by atoms with Crippen LogP contribution in [-0.2, 0) is 189 Å². The molecule has 6 atom stereocenters. The molecule has 42 nitrogen and oxygen atoms in total. The van der Waals surface area contributed by atoms with Crippen LogP contribution in [0.3, 0.4) is 0 Å². The van der Waals surface area contributed by atoms with Gasteiger partial charge in [0.1, 0.15) is 14.7 Å². The van der Waals surface area contributed by atoms with Crippen molar-refractivity contribution in [2.24, 2.45) is 0 Å². The molecular weight excluding hydrogens is 2200 g/mol. The SMILES string of the molecule is COC(=O)Cl.COC(=O)P(=O)([O-])SC.COC(=O)P(=S)(OC)OC.COC(=S)Cl.COC(=S)P(=O)(OC)OC.COC(=S)P(=O)([O-])OC.COC(=S)P(=O)([O-])SC.COC(=S)P(=S)(OC)OC.COCP(C=O)OC.O=C([O-])P(=O)([O-])[S-].O=C([S-])P(=O)([O-])[O-].O=C([S-])P(=O)([O-])[S-].[Na+].[Na+].[Na+].[Na+].[Na+].[Na+].[Na+].[Na+].[Na+].[Na+].[Na+].[Na+].[Na+].[Na+].[Na+].[OH-].[OH-].[OH-]. The van der Waals surface area contributed by atoms with Crippen molar-refractivity contribution in [3.8, 4) is 0 Å². The molecule has 0 fully saturated rings. The number of halogens is 2. The van der Waals surface area contributed by atoms with Gasteiger partial charge in [0.2, 0.25) is 22.0 Å². The number of hydrogen-bond acceptors (Lipinski definition) is 55. The van der Waals surface area contributed by atoms with E-state index in [0.29, 0.717) is 29.1 Å². The summed E-state index contributed by atoms with van der Waals surface area (Å²) in [5.41, 5.74) is -4.75. The van der Waals surface area contributed by atoms with Gasteiger partial charge in [0.25, 0.3) is 22.3 Å². The van der Waals surface area contributed by atoms with Gasteiger partial charge >= 0.3 is 468 Å². The monoisotopic (exact) mass is 2260 g/mol. The number of carbonyl (C=O) groups is 7. The van der Waals surface area contributed by atoms with Crippen molar-refractivity contribution in [2.45, 2.75) is 0 Å². The molecule has 0 bridgehead atoms. The van der Waals surface area contributed by atoms with Crippen molar-refractivity contribution in [3.05, 3.63) is 0 Å². The smallest absolute Gasteiger partial charge is 0.870 e.